The van der Waals surface area contributed by atoms with Crippen LogP contribution < -0.4 is 9.64 Å². The van der Waals surface area contributed by atoms with Crippen LogP contribution in [0.2, 0.25) is 6.32 Å². The maximum atomic E-state index is 14.1. The molecule has 3 aliphatic rings. The third-order valence-corrected chi connectivity index (χ3v) is 9.19. The zero-order valence-corrected chi connectivity index (χ0v) is 25.5. The number of imide groups is 1. The summed E-state index contributed by atoms with van der Waals surface area (Å²) in [6.07, 6.45) is 3.89. The van der Waals surface area contributed by atoms with E-state index in [2.05, 4.69) is 6.92 Å². The van der Waals surface area contributed by atoms with Gasteiger partial charge in [-0.05, 0) is 85.0 Å². The number of non-ortho nitro benzene ring substituents is 1. The first-order chi connectivity index (χ1) is 22.2. The Labute approximate surface area is 267 Å². The maximum absolute atomic E-state index is 14.1. The highest BCUT2D eigenvalue weighted by Gasteiger charge is 2.57. The Morgan fingerprint density at radius 2 is 1.85 bits per heavy atom. The van der Waals surface area contributed by atoms with Crippen molar-refractivity contribution in [1.29, 1.82) is 0 Å². The number of para-hydroxylation sites is 1. The number of fused-ring (bicyclic) bond motifs is 3. The average Bonchev–Trinajstić information content (AvgIpc) is 3.30. The highest BCUT2D eigenvalue weighted by molar-refractivity contribution is 6.43. The molecule has 2 amide bonds. The molecule has 0 spiro atoms. The Bertz CT molecular complexity index is 1710. The molecular weight excluding hydrogens is 587 g/mol. The number of phenolic OH excluding ortho intramolecular Hbond substituents is 1. The lowest BCUT2D eigenvalue weighted by molar-refractivity contribution is -0.384. The summed E-state index contributed by atoms with van der Waals surface area (Å²) in [4.78, 5) is 39.9. The number of carbonyl (C=O) groups excluding carboxylic acids is 2. The summed E-state index contributed by atoms with van der Waals surface area (Å²) < 4.78 is 12.3. The van der Waals surface area contributed by atoms with Gasteiger partial charge in [-0.25, -0.2) is 4.90 Å². The number of amides is 2. The van der Waals surface area contributed by atoms with Crippen molar-refractivity contribution in [1.82, 2.24) is 0 Å². The van der Waals surface area contributed by atoms with Gasteiger partial charge in [0.25, 0.3) is 5.69 Å². The number of nitro groups is 1. The van der Waals surface area contributed by atoms with Crippen LogP contribution in [0.1, 0.15) is 38.2 Å². The number of carbonyl (C=O) groups is 2. The van der Waals surface area contributed by atoms with Crippen LogP contribution in [0.25, 0.3) is 6.08 Å². The number of allylic oxidation sites excluding steroid dienone is 1. The summed E-state index contributed by atoms with van der Waals surface area (Å²) in [6, 6.07) is 21.9. The van der Waals surface area contributed by atoms with E-state index in [9.17, 15) is 29.8 Å². The molecule has 2 saturated heterocycles. The first kappa shape index (κ1) is 31.3. The molecule has 10 nitrogen and oxygen atoms in total. The van der Waals surface area contributed by atoms with Crippen LogP contribution in [0.4, 0.5) is 11.4 Å². The van der Waals surface area contributed by atoms with Gasteiger partial charge in [-0.15, -0.1) is 0 Å². The summed E-state index contributed by atoms with van der Waals surface area (Å²) >= 11 is 0. The molecule has 0 radical (unpaired) electrons. The smallest absolute Gasteiger partial charge is 0.455 e. The Morgan fingerprint density at radius 3 is 2.59 bits per heavy atom. The predicted octanol–water partition coefficient (Wildman–Crippen LogP) is 5.95. The minimum Gasteiger partial charge on any atom is -0.508 e. The molecule has 2 N–H and O–H groups in total. The molecule has 2 heterocycles. The van der Waals surface area contributed by atoms with Crippen LogP contribution >= 0.6 is 0 Å². The fourth-order valence-corrected chi connectivity index (χ4v) is 7.10. The number of nitrogens with zero attached hydrogens (tertiary/aromatic N) is 2. The first-order valence-electron chi connectivity index (χ1n) is 15.6. The van der Waals surface area contributed by atoms with E-state index >= 15 is 0 Å². The van der Waals surface area contributed by atoms with Crippen LogP contribution in [0.3, 0.4) is 0 Å². The van der Waals surface area contributed by atoms with Crippen molar-refractivity contribution in [2.75, 3.05) is 11.5 Å². The lowest BCUT2D eigenvalue weighted by Gasteiger charge is -2.43. The molecular formula is C35H35BN2O8. The van der Waals surface area contributed by atoms with E-state index in [1.165, 1.54) is 24.3 Å². The summed E-state index contributed by atoms with van der Waals surface area (Å²) in [6.45, 7) is 2.25. The van der Waals surface area contributed by atoms with Crippen LogP contribution in [0.15, 0.2) is 95.6 Å². The Morgan fingerprint density at radius 1 is 1.07 bits per heavy atom. The van der Waals surface area contributed by atoms with Gasteiger partial charge < -0.3 is 19.5 Å². The number of ether oxygens (including phenoxy) is 1. The number of hydrogen-bond donors (Lipinski definition) is 2. The van der Waals surface area contributed by atoms with Crippen molar-refractivity contribution >= 4 is 36.4 Å². The summed E-state index contributed by atoms with van der Waals surface area (Å²) in [5, 5.41) is 32.3. The van der Waals surface area contributed by atoms with E-state index in [0.29, 0.717) is 18.6 Å². The van der Waals surface area contributed by atoms with Crippen molar-refractivity contribution in [2.45, 2.75) is 45.0 Å². The van der Waals surface area contributed by atoms with Crippen LogP contribution in [0, 0.1) is 27.9 Å². The molecule has 4 atom stereocenters. The van der Waals surface area contributed by atoms with Gasteiger partial charge in [-0.2, -0.15) is 0 Å². The highest BCUT2D eigenvalue weighted by atomic mass is 16.6. The largest absolute Gasteiger partial charge is 0.508 e. The molecule has 2 fully saturated rings. The van der Waals surface area contributed by atoms with E-state index in [0.717, 1.165) is 33.6 Å². The third kappa shape index (κ3) is 6.33. The number of anilines is 1. The van der Waals surface area contributed by atoms with E-state index in [1.54, 1.807) is 18.2 Å². The van der Waals surface area contributed by atoms with Crippen molar-refractivity contribution < 1.29 is 34.0 Å². The second-order valence-electron chi connectivity index (χ2n) is 12.0. The molecule has 3 aromatic carbocycles. The fourth-order valence-electron chi connectivity index (χ4n) is 7.10. The molecule has 2 aliphatic heterocycles. The molecule has 11 heteroatoms. The fraction of sp³-hybridized carbons (Fsp3) is 0.314. The summed E-state index contributed by atoms with van der Waals surface area (Å²) in [7, 11) is -1.14. The lowest BCUT2D eigenvalue weighted by atomic mass is 9.58. The van der Waals surface area contributed by atoms with E-state index in [-0.39, 0.29) is 36.5 Å². The molecule has 0 unspecified atom stereocenters. The van der Waals surface area contributed by atoms with Crippen LogP contribution in [-0.4, -0.2) is 46.7 Å². The third-order valence-electron chi connectivity index (χ3n) is 9.19. The standard InChI is InChI=1S/C35H35BN2O8/c1-2-22(16-23-8-6-11-27(39)17-23)14-15-31-32-24(21-45-28-12-4-3-5-13-28)18-29-33(30(32)20-36(42)46-31)35(41)37(34(29)40)25-9-7-10-26(19-25)38(43)44/h3-13,16-17,19,29-31,33,39,42H,2,14-15,18,20-21H2,1H3/b22-16+/t29-,30+,31-,33-/m1/s1. The zero-order chi connectivity index (χ0) is 32.4. The Balaban J connectivity index is 1.33. The van der Waals surface area contributed by atoms with Crippen molar-refractivity contribution in [3.63, 3.8) is 0 Å². The monoisotopic (exact) mass is 622 g/mol. The van der Waals surface area contributed by atoms with Gasteiger partial charge in [-0.1, -0.05) is 55.0 Å². The quantitative estimate of drug-likeness (QED) is 0.0930. The molecule has 0 aromatic heterocycles. The van der Waals surface area contributed by atoms with Gasteiger partial charge in [0.15, 0.2) is 0 Å². The lowest BCUT2D eigenvalue weighted by Crippen LogP contribution is -2.46. The molecule has 6 rings (SSSR count). The minimum absolute atomic E-state index is 0.142. The molecule has 1 aliphatic carbocycles. The first-order valence-corrected chi connectivity index (χ1v) is 15.6. The molecule has 3 aromatic rings. The summed E-state index contributed by atoms with van der Waals surface area (Å²) in [5.41, 5.74) is 3.71. The zero-order valence-electron chi connectivity index (χ0n) is 25.5. The molecule has 236 valence electrons. The molecule has 46 heavy (non-hydrogen) atoms. The topological polar surface area (TPSA) is 139 Å². The van der Waals surface area contributed by atoms with Gasteiger partial charge in [0, 0.05) is 12.1 Å². The summed E-state index contributed by atoms with van der Waals surface area (Å²) in [5.74, 6) is -1.89. The van der Waals surface area contributed by atoms with E-state index in [1.807, 2.05) is 42.5 Å². The van der Waals surface area contributed by atoms with Gasteiger partial charge >= 0.3 is 7.12 Å². The Kier molecular flexibility index (Phi) is 9.05. The average molecular weight is 622 g/mol. The number of benzene rings is 3. The van der Waals surface area contributed by atoms with Crippen molar-refractivity contribution in [3.05, 3.63) is 111 Å². The number of phenols is 1. The van der Waals surface area contributed by atoms with E-state index in [4.69, 9.17) is 9.39 Å². The number of hydrogen-bond acceptors (Lipinski definition) is 8. The van der Waals surface area contributed by atoms with Crippen molar-refractivity contribution in [2.24, 2.45) is 17.8 Å². The van der Waals surface area contributed by atoms with Gasteiger partial charge in [-0.3, -0.25) is 19.7 Å². The second-order valence-corrected chi connectivity index (χ2v) is 12.0. The number of rotatable bonds is 10. The molecule has 0 saturated carbocycles. The van der Waals surface area contributed by atoms with E-state index < -0.39 is 47.7 Å². The van der Waals surface area contributed by atoms with Gasteiger partial charge in [0.05, 0.1) is 28.6 Å². The number of aromatic hydroxyl groups is 1. The predicted molar refractivity (Wildman–Crippen MR) is 173 cm³/mol. The highest BCUT2D eigenvalue weighted by Crippen LogP contribution is 2.51. The maximum Gasteiger partial charge on any atom is 0.455 e. The molecule has 0 bridgehead atoms. The SMILES string of the molecule is CC/C(=C\c1cccc(O)c1)CC[C@H]1OB(O)C[C@H]2C1=C(COc1ccccc1)C[C@H]1C(=O)N(c3cccc([N+](=O)[O-])c3)C(=O)[C@H]12. The Hall–Kier alpha value is -4.74. The van der Waals surface area contributed by atoms with Crippen LogP contribution in [-0.2, 0) is 14.2 Å². The van der Waals surface area contributed by atoms with Crippen molar-refractivity contribution in [3.8, 4) is 11.5 Å². The minimum atomic E-state index is -1.14. The normalized spacial score (nSPS) is 23.0. The van der Waals surface area contributed by atoms with Gasteiger partial charge in [0.1, 0.15) is 18.1 Å². The second kappa shape index (κ2) is 13.3. The van der Waals surface area contributed by atoms with Gasteiger partial charge in [0.2, 0.25) is 11.8 Å². The van der Waals surface area contributed by atoms with Crippen LogP contribution in [0.5, 0.6) is 11.5 Å². The number of nitro benzene ring substituents is 1.